The van der Waals surface area contributed by atoms with Gasteiger partial charge in [0, 0.05) is 51.3 Å². The summed E-state index contributed by atoms with van der Waals surface area (Å²) >= 11 is 0. The molecule has 7 heteroatoms. The second-order valence-electron chi connectivity index (χ2n) is 18.9. The van der Waals surface area contributed by atoms with Crippen LogP contribution in [0.5, 0.6) is 0 Å². The Hall–Kier alpha value is -10.6. The van der Waals surface area contributed by atoms with Crippen LogP contribution in [0.1, 0.15) is 0 Å². The lowest BCUT2D eigenvalue weighted by Gasteiger charge is -2.15. The van der Waals surface area contributed by atoms with Crippen LogP contribution in [-0.2, 0) is 0 Å². The Morgan fingerprint density at radius 3 is 1.10 bits per heavy atom. The molecular weight excluding hydrogens is 951 g/mol. The van der Waals surface area contributed by atoms with Crippen molar-refractivity contribution in [1.82, 2.24) is 34.9 Å². The van der Waals surface area contributed by atoms with Crippen molar-refractivity contribution in [3.05, 3.63) is 285 Å². The molecule has 0 aliphatic heterocycles. The van der Waals surface area contributed by atoms with Gasteiger partial charge in [-0.2, -0.15) is 0 Å². The van der Waals surface area contributed by atoms with Gasteiger partial charge in [-0.3, -0.25) is 4.98 Å². The van der Waals surface area contributed by atoms with Gasteiger partial charge in [-0.05, 0) is 90.5 Å². The quantitative estimate of drug-likeness (QED) is 0.133. The maximum absolute atomic E-state index is 5.04. The van der Waals surface area contributed by atoms with Gasteiger partial charge in [-0.15, -0.1) is 0 Å². The minimum absolute atomic E-state index is 0.620. The summed E-state index contributed by atoms with van der Waals surface area (Å²) in [5, 5.41) is 7.36. The highest BCUT2D eigenvalue weighted by Gasteiger charge is 2.18. The summed E-state index contributed by atoms with van der Waals surface area (Å²) in [7, 11) is 0. The molecule has 3 heterocycles. The second kappa shape index (κ2) is 21.3. The Morgan fingerprint density at radius 2 is 0.577 bits per heavy atom. The lowest BCUT2D eigenvalue weighted by molar-refractivity contribution is 1.07. The van der Waals surface area contributed by atoms with Crippen LogP contribution < -0.4 is 0 Å². The van der Waals surface area contributed by atoms with E-state index in [1.54, 1.807) is 6.20 Å². The second-order valence-corrected chi connectivity index (χ2v) is 18.9. The standard InChI is InChI=1S/C40H26N4.C31H21N3/c1-3-12-27(13-4-1)38-42-39(28-14-5-2-6-15-28)44-40(43-38)33-23-31(30-17-11-21-41-26-30)22-32(24-33)37-25-29-16-7-8-18-34(29)35-19-9-10-20-36(35)37;1-3-11-24(12-4-1)29-32-30(25-13-5-2-6-14-25)34-31(33-29)26-20-18-23(19-21-26)28-17-9-15-22-10-7-8-16-27(22)28/h1-26H;1-21H. The molecule has 0 saturated heterocycles. The van der Waals surface area contributed by atoms with Crippen molar-refractivity contribution >= 4 is 32.3 Å². The Bertz CT molecular complexity index is 4280. The normalized spacial score (nSPS) is 11.1. The maximum atomic E-state index is 5.04. The van der Waals surface area contributed by atoms with Crippen LogP contribution in [0.15, 0.2) is 285 Å². The molecule has 0 aliphatic rings. The molecule has 0 aliphatic carbocycles. The molecule has 78 heavy (non-hydrogen) atoms. The van der Waals surface area contributed by atoms with Crippen LogP contribution in [0.3, 0.4) is 0 Å². The third-order valence-corrected chi connectivity index (χ3v) is 13.9. The van der Waals surface area contributed by atoms with Crippen molar-refractivity contribution in [2.24, 2.45) is 0 Å². The minimum atomic E-state index is 0.620. The predicted molar refractivity (Wildman–Crippen MR) is 319 cm³/mol. The minimum Gasteiger partial charge on any atom is -0.264 e. The molecule has 0 saturated carbocycles. The maximum Gasteiger partial charge on any atom is 0.164 e. The Labute approximate surface area is 452 Å². The number of hydrogen-bond donors (Lipinski definition) is 0. The first-order valence-corrected chi connectivity index (χ1v) is 25.9. The number of benzene rings is 11. The molecule has 0 atom stereocenters. The smallest absolute Gasteiger partial charge is 0.164 e. The summed E-state index contributed by atoms with van der Waals surface area (Å²) in [6, 6.07) is 93.8. The molecule has 0 N–H and O–H groups in total. The van der Waals surface area contributed by atoms with Gasteiger partial charge < -0.3 is 0 Å². The zero-order valence-corrected chi connectivity index (χ0v) is 42.3. The molecule has 0 spiro atoms. The fourth-order valence-corrected chi connectivity index (χ4v) is 10.1. The third kappa shape index (κ3) is 9.79. The Balaban J connectivity index is 0.000000153. The summed E-state index contributed by atoms with van der Waals surface area (Å²) in [6.07, 6.45) is 3.70. The summed E-state index contributed by atoms with van der Waals surface area (Å²) in [6.45, 7) is 0. The van der Waals surface area contributed by atoms with Gasteiger partial charge in [-0.1, -0.05) is 243 Å². The van der Waals surface area contributed by atoms with E-state index in [2.05, 4.69) is 151 Å². The van der Waals surface area contributed by atoms with Gasteiger partial charge in [0.25, 0.3) is 0 Å². The van der Waals surface area contributed by atoms with Crippen molar-refractivity contribution in [2.75, 3.05) is 0 Å². The molecule has 14 rings (SSSR count). The zero-order valence-electron chi connectivity index (χ0n) is 42.3. The number of pyridine rings is 1. The van der Waals surface area contributed by atoms with E-state index in [1.165, 1.54) is 43.4 Å². The number of fused-ring (bicyclic) bond motifs is 4. The monoisotopic (exact) mass is 997 g/mol. The van der Waals surface area contributed by atoms with Crippen molar-refractivity contribution in [2.45, 2.75) is 0 Å². The van der Waals surface area contributed by atoms with Gasteiger partial charge in [0.05, 0.1) is 0 Å². The van der Waals surface area contributed by atoms with Crippen molar-refractivity contribution in [3.8, 4) is 102 Å². The fraction of sp³-hybridized carbons (Fsp3) is 0. The van der Waals surface area contributed by atoms with Gasteiger partial charge in [0.15, 0.2) is 34.9 Å². The molecule has 7 nitrogen and oxygen atoms in total. The molecule has 11 aromatic carbocycles. The average Bonchev–Trinajstić information content (AvgIpc) is 3.55. The number of nitrogens with zero attached hydrogens (tertiary/aromatic N) is 7. The summed E-state index contributed by atoms with van der Waals surface area (Å²) < 4.78 is 0. The van der Waals surface area contributed by atoms with E-state index in [0.717, 1.165) is 55.6 Å². The highest BCUT2D eigenvalue weighted by Crippen LogP contribution is 2.39. The first-order valence-electron chi connectivity index (χ1n) is 25.9. The Kier molecular flexibility index (Phi) is 12.9. The van der Waals surface area contributed by atoms with Crippen LogP contribution in [-0.4, -0.2) is 34.9 Å². The molecule has 0 amide bonds. The summed E-state index contributed by atoms with van der Waals surface area (Å²) in [4.78, 5) is 33.8. The number of aromatic nitrogens is 7. The average molecular weight is 998 g/mol. The number of hydrogen-bond acceptors (Lipinski definition) is 7. The molecule has 0 radical (unpaired) electrons. The van der Waals surface area contributed by atoms with E-state index >= 15 is 0 Å². The lowest BCUT2D eigenvalue weighted by atomic mass is 9.90. The molecular formula is C71H47N7. The zero-order chi connectivity index (χ0) is 52.0. The highest BCUT2D eigenvalue weighted by atomic mass is 15.0. The van der Waals surface area contributed by atoms with E-state index in [0.29, 0.717) is 34.9 Å². The van der Waals surface area contributed by atoms with Gasteiger partial charge >= 0.3 is 0 Å². The first-order chi connectivity index (χ1) is 38.6. The van der Waals surface area contributed by atoms with Crippen LogP contribution in [0.2, 0.25) is 0 Å². The van der Waals surface area contributed by atoms with Crippen LogP contribution >= 0.6 is 0 Å². The molecule has 3 aromatic heterocycles. The molecule has 366 valence electrons. The van der Waals surface area contributed by atoms with Gasteiger partial charge in [0.2, 0.25) is 0 Å². The molecule has 14 aromatic rings. The van der Waals surface area contributed by atoms with E-state index in [-0.39, 0.29) is 0 Å². The predicted octanol–water partition coefficient (Wildman–Crippen LogP) is 17.6. The van der Waals surface area contributed by atoms with E-state index in [4.69, 9.17) is 29.9 Å². The van der Waals surface area contributed by atoms with E-state index < -0.39 is 0 Å². The van der Waals surface area contributed by atoms with Crippen LogP contribution in [0.25, 0.3) is 134 Å². The lowest BCUT2D eigenvalue weighted by Crippen LogP contribution is -2.00. The summed E-state index contributed by atoms with van der Waals surface area (Å²) in [5.74, 6) is 3.90. The van der Waals surface area contributed by atoms with Crippen LogP contribution in [0, 0.1) is 0 Å². The summed E-state index contributed by atoms with van der Waals surface area (Å²) in [5.41, 5.74) is 12.4. The van der Waals surface area contributed by atoms with Crippen molar-refractivity contribution in [3.63, 3.8) is 0 Å². The Morgan fingerprint density at radius 1 is 0.192 bits per heavy atom. The topological polar surface area (TPSA) is 90.2 Å². The largest absolute Gasteiger partial charge is 0.264 e. The van der Waals surface area contributed by atoms with Gasteiger partial charge in [0.1, 0.15) is 0 Å². The highest BCUT2D eigenvalue weighted by molar-refractivity contribution is 6.14. The van der Waals surface area contributed by atoms with Crippen molar-refractivity contribution < 1.29 is 0 Å². The first kappa shape index (κ1) is 47.1. The van der Waals surface area contributed by atoms with Gasteiger partial charge in [-0.25, -0.2) is 29.9 Å². The van der Waals surface area contributed by atoms with E-state index in [9.17, 15) is 0 Å². The molecule has 0 unspecified atom stereocenters. The third-order valence-electron chi connectivity index (χ3n) is 13.9. The molecule has 0 bridgehead atoms. The molecule has 0 fully saturated rings. The van der Waals surface area contributed by atoms with Crippen molar-refractivity contribution in [1.29, 1.82) is 0 Å². The van der Waals surface area contributed by atoms with Crippen LogP contribution in [0.4, 0.5) is 0 Å². The fourth-order valence-electron chi connectivity index (χ4n) is 10.1. The van der Waals surface area contributed by atoms with E-state index in [1.807, 2.05) is 134 Å². The SMILES string of the molecule is c1ccc(-c2nc(-c3ccccc3)nc(-c3cc(-c4cccnc4)cc(-c4cc5ccccc5c5ccccc45)c3)n2)cc1.c1ccc(-c2nc(-c3ccccc3)nc(-c3ccc(-c4cccc5ccccc45)cc3)n2)cc1. The number of rotatable bonds is 9.